The van der Waals surface area contributed by atoms with E-state index in [-0.39, 0.29) is 21.6 Å². The van der Waals surface area contributed by atoms with Crippen LogP contribution in [0.5, 0.6) is 0 Å². The van der Waals surface area contributed by atoms with Crippen molar-refractivity contribution >= 4 is 34.8 Å². The molecule has 0 aliphatic carbocycles. The lowest BCUT2D eigenvalue weighted by Gasteiger charge is -2.09. The number of hydrogen-bond acceptors (Lipinski definition) is 1. The van der Waals surface area contributed by atoms with Gasteiger partial charge in [-0.2, -0.15) is 13.2 Å². The van der Waals surface area contributed by atoms with E-state index in [0.29, 0.717) is 0 Å². The first-order chi connectivity index (χ1) is 9.70. The van der Waals surface area contributed by atoms with Gasteiger partial charge in [0.1, 0.15) is 10.8 Å². The molecule has 1 N–H and O–H groups in total. The molecule has 1 aromatic heterocycles. The predicted molar refractivity (Wildman–Crippen MR) is 74.8 cm³/mol. The van der Waals surface area contributed by atoms with Gasteiger partial charge in [-0.1, -0.05) is 23.2 Å². The summed E-state index contributed by atoms with van der Waals surface area (Å²) in [5.74, 6) is -0.522. The highest BCUT2D eigenvalue weighted by Gasteiger charge is 2.30. The maximum atomic E-state index is 12.4. The van der Waals surface area contributed by atoms with E-state index in [1.54, 1.807) is 7.05 Å². The van der Waals surface area contributed by atoms with Crippen LogP contribution in [0.25, 0.3) is 0 Å². The van der Waals surface area contributed by atoms with Crippen molar-refractivity contribution in [2.45, 2.75) is 6.18 Å². The third-order valence-electron chi connectivity index (χ3n) is 2.82. The van der Waals surface area contributed by atoms with Crippen LogP contribution in [0.3, 0.4) is 0 Å². The van der Waals surface area contributed by atoms with Gasteiger partial charge in [0.15, 0.2) is 0 Å². The molecule has 0 bridgehead atoms. The maximum Gasteiger partial charge on any atom is 0.416 e. The van der Waals surface area contributed by atoms with Crippen LogP contribution in [-0.4, -0.2) is 10.5 Å². The number of alkyl halides is 3. The molecule has 0 saturated heterocycles. The molecule has 0 unspecified atom stereocenters. The molecule has 21 heavy (non-hydrogen) atoms. The van der Waals surface area contributed by atoms with Crippen molar-refractivity contribution in [3.63, 3.8) is 0 Å². The standard InChI is InChI=1S/C13H9Cl2F3N2O/c1-20-10(6-9(14)11(20)15)12(21)19-8-4-2-7(3-5-8)13(16,17)18/h2-6H,1H3,(H,19,21). The monoisotopic (exact) mass is 336 g/mol. The molecular formula is C13H9Cl2F3N2O. The summed E-state index contributed by atoms with van der Waals surface area (Å²) >= 11 is 11.6. The Labute approximate surface area is 128 Å². The summed E-state index contributed by atoms with van der Waals surface area (Å²) in [5.41, 5.74) is -0.350. The minimum atomic E-state index is -4.41. The van der Waals surface area contributed by atoms with E-state index in [1.165, 1.54) is 22.8 Å². The van der Waals surface area contributed by atoms with Crippen LogP contribution >= 0.6 is 23.2 Å². The van der Waals surface area contributed by atoms with Crippen molar-refractivity contribution in [2.75, 3.05) is 5.32 Å². The van der Waals surface area contributed by atoms with Crippen molar-refractivity contribution in [1.29, 1.82) is 0 Å². The fourth-order valence-electron chi connectivity index (χ4n) is 1.70. The highest BCUT2D eigenvalue weighted by Crippen LogP contribution is 2.30. The van der Waals surface area contributed by atoms with E-state index < -0.39 is 17.6 Å². The number of aromatic nitrogens is 1. The van der Waals surface area contributed by atoms with E-state index >= 15 is 0 Å². The van der Waals surface area contributed by atoms with Gasteiger partial charge in [-0.15, -0.1) is 0 Å². The fraction of sp³-hybridized carbons (Fsp3) is 0.154. The van der Waals surface area contributed by atoms with Crippen LogP contribution in [0, 0.1) is 0 Å². The Morgan fingerprint density at radius 1 is 1.19 bits per heavy atom. The summed E-state index contributed by atoms with van der Waals surface area (Å²) in [5, 5.41) is 2.90. The van der Waals surface area contributed by atoms with Gasteiger partial charge in [0.05, 0.1) is 10.6 Å². The smallest absolute Gasteiger partial charge is 0.329 e. The van der Waals surface area contributed by atoms with Gasteiger partial charge in [0.2, 0.25) is 0 Å². The Morgan fingerprint density at radius 3 is 2.19 bits per heavy atom. The van der Waals surface area contributed by atoms with E-state index in [9.17, 15) is 18.0 Å². The first-order valence-electron chi connectivity index (χ1n) is 5.69. The summed E-state index contributed by atoms with van der Waals surface area (Å²) in [6.07, 6.45) is -4.41. The SMILES string of the molecule is Cn1c(C(=O)Nc2ccc(C(F)(F)F)cc2)cc(Cl)c1Cl. The molecule has 0 aliphatic rings. The summed E-state index contributed by atoms with van der Waals surface area (Å²) < 4.78 is 38.7. The van der Waals surface area contributed by atoms with Gasteiger partial charge in [-0.3, -0.25) is 4.79 Å². The number of hydrogen-bond donors (Lipinski definition) is 1. The second-order valence-corrected chi connectivity index (χ2v) is 5.02. The van der Waals surface area contributed by atoms with Crippen LogP contribution < -0.4 is 5.32 Å². The van der Waals surface area contributed by atoms with E-state index in [1.807, 2.05) is 0 Å². The molecule has 1 aromatic carbocycles. The average Bonchev–Trinajstić information content (AvgIpc) is 2.66. The molecule has 0 spiro atoms. The molecule has 2 rings (SSSR count). The van der Waals surface area contributed by atoms with Gasteiger partial charge in [0, 0.05) is 12.7 Å². The number of carbonyl (C=O) groups is 1. The van der Waals surface area contributed by atoms with Crippen LogP contribution in [0.1, 0.15) is 16.1 Å². The van der Waals surface area contributed by atoms with Crippen LogP contribution in [0.15, 0.2) is 30.3 Å². The lowest BCUT2D eigenvalue weighted by atomic mass is 10.2. The third kappa shape index (κ3) is 3.33. The van der Waals surface area contributed by atoms with Crippen LogP contribution in [0.4, 0.5) is 18.9 Å². The van der Waals surface area contributed by atoms with Crippen molar-refractivity contribution in [2.24, 2.45) is 7.05 Å². The molecule has 0 radical (unpaired) electrons. The summed E-state index contributed by atoms with van der Waals surface area (Å²) in [4.78, 5) is 12.0. The Balaban J connectivity index is 2.18. The minimum absolute atomic E-state index is 0.199. The second kappa shape index (κ2) is 5.61. The zero-order chi connectivity index (χ0) is 15.8. The molecule has 1 heterocycles. The second-order valence-electron chi connectivity index (χ2n) is 4.26. The third-order valence-corrected chi connectivity index (χ3v) is 3.66. The summed E-state index contributed by atoms with van der Waals surface area (Å²) in [7, 11) is 1.55. The molecule has 0 atom stereocenters. The highest BCUT2D eigenvalue weighted by molar-refractivity contribution is 6.42. The molecule has 0 fully saturated rings. The molecule has 8 heteroatoms. The molecule has 112 valence electrons. The zero-order valence-corrected chi connectivity index (χ0v) is 12.1. The first kappa shape index (κ1) is 15.7. The van der Waals surface area contributed by atoms with Gasteiger partial charge >= 0.3 is 6.18 Å². The van der Waals surface area contributed by atoms with E-state index in [4.69, 9.17) is 23.2 Å². The maximum absolute atomic E-state index is 12.4. The number of halogens is 5. The number of rotatable bonds is 2. The van der Waals surface area contributed by atoms with Gasteiger partial charge in [0.25, 0.3) is 5.91 Å². The number of nitrogens with zero attached hydrogens (tertiary/aromatic N) is 1. The van der Waals surface area contributed by atoms with Crippen molar-refractivity contribution in [3.05, 3.63) is 51.8 Å². The molecule has 0 aliphatic heterocycles. The van der Waals surface area contributed by atoms with Crippen molar-refractivity contribution in [1.82, 2.24) is 4.57 Å². The Bertz CT molecular complexity index is 678. The lowest BCUT2D eigenvalue weighted by molar-refractivity contribution is -0.137. The van der Waals surface area contributed by atoms with Crippen LogP contribution in [0.2, 0.25) is 10.2 Å². The fourth-order valence-corrected chi connectivity index (χ4v) is 2.07. The Hall–Kier alpha value is -1.66. The minimum Gasteiger partial charge on any atom is -0.329 e. The Morgan fingerprint density at radius 2 is 1.76 bits per heavy atom. The molecular weight excluding hydrogens is 328 g/mol. The number of benzene rings is 1. The van der Waals surface area contributed by atoms with Crippen molar-refractivity contribution < 1.29 is 18.0 Å². The Kier molecular flexibility index (Phi) is 4.20. The zero-order valence-electron chi connectivity index (χ0n) is 10.6. The highest BCUT2D eigenvalue weighted by atomic mass is 35.5. The summed E-state index contributed by atoms with van der Waals surface area (Å²) in [6, 6.07) is 5.50. The van der Waals surface area contributed by atoms with E-state index in [2.05, 4.69) is 5.32 Å². The van der Waals surface area contributed by atoms with Crippen molar-refractivity contribution in [3.8, 4) is 0 Å². The topological polar surface area (TPSA) is 34.0 Å². The number of anilines is 1. The van der Waals surface area contributed by atoms with E-state index in [0.717, 1.165) is 12.1 Å². The van der Waals surface area contributed by atoms with Gasteiger partial charge in [-0.05, 0) is 30.3 Å². The predicted octanol–water partition coefficient (Wildman–Crippen LogP) is 4.60. The lowest BCUT2D eigenvalue weighted by Crippen LogP contribution is -2.15. The number of carbonyl (C=O) groups excluding carboxylic acids is 1. The molecule has 0 saturated carbocycles. The normalized spacial score (nSPS) is 11.5. The van der Waals surface area contributed by atoms with Gasteiger partial charge < -0.3 is 9.88 Å². The number of amides is 1. The molecule has 1 amide bonds. The number of nitrogens with one attached hydrogen (secondary N) is 1. The molecule has 2 aromatic rings. The van der Waals surface area contributed by atoms with Crippen LogP contribution in [-0.2, 0) is 13.2 Å². The first-order valence-corrected chi connectivity index (χ1v) is 6.45. The quantitative estimate of drug-likeness (QED) is 0.854. The molecule has 3 nitrogen and oxygen atoms in total. The largest absolute Gasteiger partial charge is 0.416 e. The average molecular weight is 337 g/mol. The summed E-state index contributed by atoms with van der Waals surface area (Å²) in [6.45, 7) is 0. The van der Waals surface area contributed by atoms with Gasteiger partial charge in [-0.25, -0.2) is 0 Å².